The maximum atomic E-state index is 12.6. The molecule has 2 aromatic carbocycles. The standard InChI is InChI=1S/C23H25N3O4S/c1-5-26-14(2)19(22(28)30-4)20(25-23(26)31)15-10-12-16(13-11-15)24-21(27)17-8-6-7-9-18(17)29-3/h6-13,20H,5H2,1-4H3,(H,24,27)(H,25,31). The van der Waals surface area contributed by atoms with E-state index in [4.69, 9.17) is 21.7 Å². The molecular formula is C23H25N3O4S. The van der Waals surface area contributed by atoms with Crippen molar-refractivity contribution in [2.45, 2.75) is 19.9 Å². The number of carbonyl (C=O) groups is 2. The van der Waals surface area contributed by atoms with Crippen molar-refractivity contribution in [2.24, 2.45) is 0 Å². The van der Waals surface area contributed by atoms with Crippen LogP contribution in [-0.2, 0) is 9.53 Å². The second kappa shape index (κ2) is 9.61. The molecule has 1 heterocycles. The fourth-order valence-electron chi connectivity index (χ4n) is 3.58. The number of para-hydroxylation sites is 1. The Morgan fingerprint density at radius 2 is 1.81 bits per heavy atom. The number of allylic oxidation sites excluding steroid dienone is 1. The van der Waals surface area contributed by atoms with E-state index in [1.807, 2.05) is 30.9 Å². The van der Waals surface area contributed by atoms with Crippen molar-refractivity contribution in [1.82, 2.24) is 10.2 Å². The SMILES string of the molecule is CCN1C(=S)NC(c2ccc(NC(=O)c3ccccc3OC)cc2)C(C(=O)OC)=C1C. The molecule has 31 heavy (non-hydrogen) atoms. The summed E-state index contributed by atoms with van der Waals surface area (Å²) in [7, 11) is 2.88. The predicted molar refractivity (Wildman–Crippen MR) is 123 cm³/mol. The Bertz CT molecular complexity index is 1030. The van der Waals surface area contributed by atoms with Gasteiger partial charge in [0.2, 0.25) is 0 Å². The molecule has 0 saturated carbocycles. The lowest BCUT2D eigenvalue weighted by Crippen LogP contribution is -2.47. The Kier molecular flexibility index (Phi) is 6.91. The minimum atomic E-state index is -0.443. The quantitative estimate of drug-likeness (QED) is 0.525. The number of nitrogens with one attached hydrogen (secondary N) is 2. The normalized spacial score (nSPS) is 15.9. The molecule has 0 aliphatic carbocycles. The van der Waals surface area contributed by atoms with E-state index in [0.29, 0.717) is 34.2 Å². The number of thiocarbonyl (C=S) groups is 1. The summed E-state index contributed by atoms with van der Waals surface area (Å²) in [6.07, 6.45) is 0. The van der Waals surface area contributed by atoms with Crippen molar-refractivity contribution in [3.8, 4) is 5.75 Å². The average molecular weight is 440 g/mol. The van der Waals surface area contributed by atoms with Gasteiger partial charge in [-0.15, -0.1) is 0 Å². The van der Waals surface area contributed by atoms with Gasteiger partial charge in [0.25, 0.3) is 5.91 Å². The fraction of sp³-hybridized carbons (Fsp3) is 0.261. The Hall–Kier alpha value is -3.39. The Balaban J connectivity index is 1.86. The van der Waals surface area contributed by atoms with Crippen molar-refractivity contribution < 1.29 is 19.1 Å². The molecule has 0 fully saturated rings. The first-order valence-corrected chi connectivity index (χ1v) is 10.2. The number of carbonyl (C=O) groups excluding carboxylic acids is 2. The highest BCUT2D eigenvalue weighted by molar-refractivity contribution is 7.80. The number of esters is 1. The van der Waals surface area contributed by atoms with Gasteiger partial charge in [-0.1, -0.05) is 24.3 Å². The predicted octanol–water partition coefficient (Wildman–Crippen LogP) is 3.65. The van der Waals surface area contributed by atoms with Crippen molar-refractivity contribution in [3.63, 3.8) is 0 Å². The number of ether oxygens (including phenoxy) is 2. The summed E-state index contributed by atoms with van der Waals surface area (Å²) >= 11 is 5.48. The molecule has 1 unspecified atom stereocenters. The van der Waals surface area contributed by atoms with Gasteiger partial charge < -0.3 is 25.0 Å². The van der Waals surface area contributed by atoms with Crippen LogP contribution in [0.1, 0.15) is 35.8 Å². The molecule has 1 aliphatic rings. The summed E-state index contributed by atoms with van der Waals surface area (Å²) in [6, 6.07) is 13.8. The molecule has 0 saturated heterocycles. The molecule has 162 valence electrons. The number of anilines is 1. The zero-order valence-corrected chi connectivity index (χ0v) is 18.7. The van der Waals surface area contributed by atoms with Crippen molar-refractivity contribution in [3.05, 3.63) is 70.9 Å². The van der Waals surface area contributed by atoms with Gasteiger partial charge in [-0.25, -0.2) is 4.79 Å². The van der Waals surface area contributed by atoms with Crippen LogP contribution in [0.3, 0.4) is 0 Å². The number of methoxy groups -OCH3 is 2. The highest BCUT2D eigenvalue weighted by atomic mass is 32.1. The van der Waals surface area contributed by atoms with Crippen LogP contribution in [0.4, 0.5) is 5.69 Å². The number of nitrogens with zero attached hydrogens (tertiary/aromatic N) is 1. The third kappa shape index (κ3) is 4.54. The van der Waals surface area contributed by atoms with Crippen LogP contribution in [0.2, 0.25) is 0 Å². The van der Waals surface area contributed by atoms with E-state index in [1.165, 1.54) is 14.2 Å². The average Bonchev–Trinajstić information content (AvgIpc) is 2.79. The summed E-state index contributed by atoms with van der Waals surface area (Å²) in [6.45, 7) is 4.46. The van der Waals surface area contributed by atoms with Crippen LogP contribution < -0.4 is 15.4 Å². The molecule has 1 aliphatic heterocycles. The van der Waals surface area contributed by atoms with Crippen LogP contribution in [0.25, 0.3) is 0 Å². The summed E-state index contributed by atoms with van der Waals surface area (Å²) in [5, 5.41) is 6.64. The fourth-order valence-corrected chi connectivity index (χ4v) is 3.96. The highest BCUT2D eigenvalue weighted by Crippen LogP contribution is 2.32. The van der Waals surface area contributed by atoms with E-state index in [0.717, 1.165) is 11.3 Å². The second-order valence-corrected chi connectivity index (χ2v) is 7.28. The zero-order valence-electron chi connectivity index (χ0n) is 17.9. The van der Waals surface area contributed by atoms with Gasteiger partial charge in [0.15, 0.2) is 5.11 Å². The lowest BCUT2D eigenvalue weighted by molar-refractivity contribution is -0.136. The summed E-state index contributed by atoms with van der Waals surface area (Å²) in [5.41, 5.74) is 3.15. The number of rotatable bonds is 6. The van der Waals surface area contributed by atoms with E-state index >= 15 is 0 Å². The molecule has 0 aromatic heterocycles. The van der Waals surface area contributed by atoms with E-state index in [1.54, 1.807) is 36.4 Å². The van der Waals surface area contributed by atoms with Crippen LogP contribution in [0.15, 0.2) is 59.8 Å². The lowest BCUT2D eigenvalue weighted by Gasteiger charge is -2.36. The molecule has 0 spiro atoms. The summed E-state index contributed by atoms with van der Waals surface area (Å²) in [4.78, 5) is 27.0. The van der Waals surface area contributed by atoms with Crippen LogP contribution in [-0.4, -0.2) is 42.7 Å². The Labute approximate surface area is 187 Å². The maximum absolute atomic E-state index is 12.6. The Morgan fingerprint density at radius 3 is 2.42 bits per heavy atom. The molecule has 1 amide bonds. The Morgan fingerprint density at radius 1 is 1.13 bits per heavy atom. The maximum Gasteiger partial charge on any atom is 0.337 e. The number of hydrogen-bond donors (Lipinski definition) is 2. The van der Waals surface area contributed by atoms with Crippen molar-refractivity contribution in [1.29, 1.82) is 0 Å². The number of hydrogen-bond acceptors (Lipinski definition) is 5. The third-order valence-electron chi connectivity index (χ3n) is 5.17. The van der Waals surface area contributed by atoms with Gasteiger partial charge >= 0.3 is 5.97 Å². The van der Waals surface area contributed by atoms with Gasteiger partial charge in [0.1, 0.15) is 5.75 Å². The first kappa shape index (κ1) is 22.3. The van der Waals surface area contributed by atoms with E-state index in [2.05, 4.69) is 10.6 Å². The molecule has 8 heteroatoms. The monoisotopic (exact) mass is 439 g/mol. The minimum Gasteiger partial charge on any atom is -0.496 e. The van der Waals surface area contributed by atoms with Crippen molar-refractivity contribution >= 4 is 34.9 Å². The molecule has 1 atom stereocenters. The largest absolute Gasteiger partial charge is 0.496 e. The second-order valence-electron chi connectivity index (χ2n) is 6.89. The molecule has 0 radical (unpaired) electrons. The third-order valence-corrected chi connectivity index (χ3v) is 5.51. The smallest absolute Gasteiger partial charge is 0.337 e. The molecule has 2 aromatic rings. The first-order chi connectivity index (χ1) is 14.9. The summed E-state index contributed by atoms with van der Waals surface area (Å²) in [5.74, 6) is -0.184. The molecule has 7 nitrogen and oxygen atoms in total. The highest BCUT2D eigenvalue weighted by Gasteiger charge is 2.33. The van der Waals surface area contributed by atoms with Gasteiger partial charge in [0, 0.05) is 17.9 Å². The molecule has 0 bridgehead atoms. The van der Waals surface area contributed by atoms with Crippen LogP contribution >= 0.6 is 12.2 Å². The van der Waals surface area contributed by atoms with Gasteiger partial charge in [-0.3, -0.25) is 4.79 Å². The molecule has 3 rings (SSSR count). The molecular weight excluding hydrogens is 414 g/mol. The van der Waals surface area contributed by atoms with Crippen molar-refractivity contribution in [2.75, 3.05) is 26.1 Å². The van der Waals surface area contributed by atoms with Gasteiger partial charge in [0.05, 0.1) is 31.4 Å². The molecule has 2 N–H and O–H groups in total. The number of amides is 1. The van der Waals surface area contributed by atoms with Crippen LogP contribution in [0, 0.1) is 0 Å². The number of benzene rings is 2. The van der Waals surface area contributed by atoms with Gasteiger partial charge in [-0.2, -0.15) is 0 Å². The van der Waals surface area contributed by atoms with Gasteiger partial charge in [-0.05, 0) is 55.9 Å². The minimum absolute atomic E-state index is 0.272. The zero-order chi connectivity index (χ0) is 22.5. The van der Waals surface area contributed by atoms with Crippen LogP contribution in [0.5, 0.6) is 5.75 Å². The van der Waals surface area contributed by atoms with E-state index in [9.17, 15) is 9.59 Å². The topological polar surface area (TPSA) is 79.9 Å². The van der Waals surface area contributed by atoms with E-state index in [-0.39, 0.29) is 5.91 Å². The first-order valence-electron chi connectivity index (χ1n) is 9.82. The lowest BCUT2D eigenvalue weighted by atomic mass is 9.95. The van der Waals surface area contributed by atoms with E-state index < -0.39 is 12.0 Å². The summed E-state index contributed by atoms with van der Waals surface area (Å²) < 4.78 is 10.3.